The van der Waals surface area contributed by atoms with Gasteiger partial charge in [-0.05, 0) is 31.9 Å². The molecule has 3 heteroatoms. The lowest BCUT2D eigenvalue weighted by Crippen LogP contribution is -2.42. The van der Waals surface area contributed by atoms with Crippen LogP contribution in [0, 0.1) is 5.92 Å². The van der Waals surface area contributed by atoms with Gasteiger partial charge in [0, 0.05) is 19.1 Å². The molecule has 1 fully saturated rings. The standard InChI is InChI=1S/C16H24N2O/c1-3-13(2)18(12-14-7-5-4-6-8-14)16(19)15-9-10-17-11-15/h4-8,13,15,17H,3,9-12H2,1-2H3. The Morgan fingerprint density at radius 1 is 1.42 bits per heavy atom. The summed E-state index contributed by atoms with van der Waals surface area (Å²) in [4.78, 5) is 14.7. The highest BCUT2D eigenvalue weighted by atomic mass is 16.2. The fourth-order valence-corrected chi connectivity index (χ4v) is 2.55. The predicted molar refractivity (Wildman–Crippen MR) is 77.7 cm³/mol. The molecule has 0 saturated carbocycles. The molecule has 1 amide bonds. The van der Waals surface area contributed by atoms with Gasteiger partial charge >= 0.3 is 0 Å². The molecular formula is C16H24N2O. The molecule has 1 aliphatic heterocycles. The molecule has 2 unspecified atom stereocenters. The first kappa shape index (κ1) is 14.1. The molecule has 1 aliphatic rings. The number of hydrogen-bond donors (Lipinski definition) is 1. The van der Waals surface area contributed by atoms with Gasteiger partial charge in [0.25, 0.3) is 0 Å². The molecule has 0 aliphatic carbocycles. The van der Waals surface area contributed by atoms with Gasteiger partial charge in [0.15, 0.2) is 0 Å². The predicted octanol–water partition coefficient (Wildman–Crippen LogP) is 2.42. The Labute approximate surface area is 116 Å². The van der Waals surface area contributed by atoms with Gasteiger partial charge in [-0.1, -0.05) is 37.3 Å². The second-order valence-electron chi connectivity index (χ2n) is 5.40. The Morgan fingerprint density at radius 2 is 2.16 bits per heavy atom. The molecule has 0 bridgehead atoms. The summed E-state index contributed by atoms with van der Waals surface area (Å²) in [6, 6.07) is 10.6. The molecule has 1 heterocycles. The van der Waals surface area contributed by atoms with Crippen LogP contribution in [0.25, 0.3) is 0 Å². The van der Waals surface area contributed by atoms with Crippen molar-refractivity contribution in [2.45, 2.75) is 39.3 Å². The van der Waals surface area contributed by atoms with Crippen LogP contribution in [0.5, 0.6) is 0 Å². The van der Waals surface area contributed by atoms with Gasteiger partial charge in [0.2, 0.25) is 5.91 Å². The quantitative estimate of drug-likeness (QED) is 0.882. The lowest BCUT2D eigenvalue weighted by molar-refractivity contribution is -0.137. The lowest BCUT2D eigenvalue weighted by Gasteiger charge is -2.31. The molecule has 1 saturated heterocycles. The smallest absolute Gasteiger partial charge is 0.227 e. The maximum Gasteiger partial charge on any atom is 0.227 e. The molecular weight excluding hydrogens is 236 g/mol. The van der Waals surface area contributed by atoms with Crippen molar-refractivity contribution >= 4 is 5.91 Å². The Hall–Kier alpha value is -1.35. The van der Waals surface area contributed by atoms with Crippen LogP contribution in [0.1, 0.15) is 32.3 Å². The first-order chi connectivity index (χ1) is 9.22. The molecule has 19 heavy (non-hydrogen) atoms. The van der Waals surface area contributed by atoms with Crippen molar-refractivity contribution in [2.75, 3.05) is 13.1 Å². The first-order valence-corrected chi connectivity index (χ1v) is 7.27. The number of nitrogens with one attached hydrogen (secondary N) is 1. The molecule has 0 radical (unpaired) electrons. The summed E-state index contributed by atoms with van der Waals surface area (Å²) in [5.41, 5.74) is 1.21. The van der Waals surface area contributed by atoms with Crippen LogP contribution in [0.4, 0.5) is 0 Å². The molecule has 0 aromatic heterocycles. The third kappa shape index (κ3) is 3.57. The second-order valence-corrected chi connectivity index (χ2v) is 5.40. The number of hydrogen-bond acceptors (Lipinski definition) is 2. The van der Waals surface area contributed by atoms with E-state index in [4.69, 9.17) is 0 Å². The van der Waals surface area contributed by atoms with E-state index in [1.54, 1.807) is 0 Å². The molecule has 1 N–H and O–H groups in total. The van der Waals surface area contributed by atoms with Crippen LogP contribution in [-0.2, 0) is 11.3 Å². The van der Waals surface area contributed by atoms with Gasteiger partial charge in [-0.2, -0.15) is 0 Å². The van der Waals surface area contributed by atoms with E-state index in [-0.39, 0.29) is 5.92 Å². The number of rotatable bonds is 5. The minimum absolute atomic E-state index is 0.165. The van der Waals surface area contributed by atoms with Crippen molar-refractivity contribution in [3.63, 3.8) is 0 Å². The fraction of sp³-hybridized carbons (Fsp3) is 0.562. The summed E-state index contributed by atoms with van der Waals surface area (Å²) < 4.78 is 0. The van der Waals surface area contributed by atoms with E-state index < -0.39 is 0 Å². The van der Waals surface area contributed by atoms with Crippen LogP contribution < -0.4 is 5.32 Å². The molecule has 2 atom stereocenters. The third-order valence-corrected chi connectivity index (χ3v) is 4.01. The molecule has 104 valence electrons. The Kier molecular flexibility index (Phi) is 4.97. The fourth-order valence-electron chi connectivity index (χ4n) is 2.55. The van der Waals surface area contributed by atoms with Crippen LogP contribution in [0.2, 0.25) is 0 Å². The number of amides is 1. The highest BCUT2D eigenvalue weighted by molar-refractivity contribution is 5.79. The minimum atomic E-state index is 0.165. The van der Waals surface area contributed by atoms with Crippen molar-refractivity contribution in [3.05, 3.63) is 35.9 Å². The van der Waals surface area contributed by atoms with E-state index in [0.717, 1.165) is 32.5 Å². The lowest BCUT2D eigenvalue weighted by atomic mass is 10.0. The van der Waals surface area contributed by atoms with Gasteiger partial charge in [0.05, 0.1) is 5.92 Å². The molecule has 1 aromatic rings. The summed E-state index contributed by atoms with van der Waals surface area (Å²) in [5.74, 6) is 0.473. The number of benzene rings is 1. The number of nitrogens with zero attached hydrogens (tertiary/aromatic N) is 1. The molecule has 3 nitrogen and oxygen atoms in total. The van der Waals surface area contributed by atoms with Crippen LogP contribution in [0.15, 0.2) is 30.3 Å². The number of carbonyl (C=O) groups is 1. The average Bonchev–Trinajstić information content (AvgIpc) is 2.98. The van der Waals surface area contributed by atoms with E-state index in [9.17, 15) is 4.79 Å². The zero-order chi connectivity index (χ0) is 13.7. The highest BCUT2D eigenvalue weighted by Crippen LogP contribution is 2.18. The van der Waals surface area contributed by atoms with E-state index in [0.29, 0.717) is 11.9 Å². The zero-order valence-electron chi connectivity index (χ0n) is 11.9. The maximum atomic E-state index is 12.6. The van der Waals surface area contributed by atoms with Crippen molar-refractivity contribution in [2.24, 2.45) is 5.92 Å². The van der Waals surface area contributed by atoms with Gasteiger partial charge in [-0.15, -0.1) is 0 Å². The molecule has 0 spiro atoms. The topological polar surface area (TPSA) is 32.3 Å². The Balaban J connectivity index is 2.09. The SMILES string of the molecule is CCC(C)N(Cc1ccccc1)C(=O)C1CCNC1. The second kappa shape index (κ2) is 6.71. The van der Waals surface area contributed by atoms with E-state index in [1.807, 2.05) is 23.1 Å². The van der Waals surface area contributed by atoms with Crippen LogP contribution in [0.3, 0.4) is 0 Å². The van der Waals surface area contributed by atoms with Crippen molar-refractivity contribution in [3.8, 4) is 0 Å². The Morgan fingerprint density at radius 3 is 2.74 bits per heavy atom. The van der Waals surface area contributed by atoms with Gasteiger partial charge in [-0.25, -0.2) is 0 Å². The largest absolute Gasteiger partial charge is 0.335 e. The number of carbonyl (C=O) groups excluding carboxylic acids is 1. The molecule has 2 rings (SSSR count). The van der Waals surface area contributed by atoms with E-state index >= 15 is 0 Å². The van der Waals surface area contributed by atoms with Gasteiger partial charge in [0.1, 0.15) is 0 Å². The van der Waals surface area contributed by atoms with E-state index in [1.165, 1.54) is 5.56 Å². The van der Waals surface area contributed by atoms with Crippen molar-refractivity contribution in [1.82, 2.24) is 10.2 Å². The summed E-state index contributed by atoms with van der Waals surface area (Å²) in [5, 5.41) is 3.28. The van der Waals surface area contributed by atoms with Gasteiger partial charge in [-0.3, -0.25) is 4.79 Å². The third-order valence-electron chi connectivity index (χ3n) is 4.01. The summed E-state index contributed by atoms with van der Waals surface area (Å²) in [6.45, 7) is 6.81. The van der Waals surface area contributed by atoms with E-state index in [2.05, 4.69) is 31.3 Å². The van der Waals surface area contributed by atoms with Crippen LogP contribution in [-0.4, -0.2) is 29.9 Å². The van der Waals surface area contributed by atoms with Crippen molar-refractivity contribution < 1.29 is 4.79 Å². The molecule has 1 aromatic carbocycles. The summed E-state index contributed by atoms with van der Waals surface area (Å²) in [7, 11) is 0. The normalized spacial score (nSPS) is 20.2. The highest BCUT2D eigenvalue weighted by Gasteiger charge is 2.29. The summed E-state index contributed by atoms with van der Waals surface area (Å²) in [6.07, 6.45) is 1.97. The van der Waals surface area contributed by atoms with Crippen LogP contribution >= 0.6 is 0 Å². The summed E-state index contributed by atoms with van der Waals surface area (Å²) >= 11 is 0. The Bertz CT molecular complexity index is 398. The first-order valence-electron chi connectivity index (χ1n) is 7.27. The maximum absolute atomic E-state index is 12.6. The van der Waals surface area contributed by atoms with Gasteiger partial charge < -0.3 is 10.2 Å². The average molecular weight is 260 g/mol. The monoisotopic (exact) mass is 260 g/mol. The van der Waals surface area contributed by atoms with Crippen molar-refractivity contribution in [1.29, 1.82) is 0 Å². The zero-order valence-corrected chi connectivity index (χ0v) is 11.9. The minimum Gasteiger partial charge on any atom is -0.335 e.